The fourth-order valence-corrected chi connectivity index (χ4v) is 5.30. The van der Waals surface area contributed by atoms with Gasteiger partial charge in [-0.15, -0.1) is 16.4 Å². The third-order valence-corrected chi connectivity index (χ3v) is 6.94. The number of benzene rings is 1. The molecule has 26 heavy (non-hydrogen) atoms. The number of carbonyl (C=O) groups is 1. The van der Waals surface area contributed by atoms with E-state index in [9.17, 15) is 10.1 Å². The van der Waals surface area contributed by atoms with E-state index in [0.29, 0.717) is 18.3 Å². The first-order chi connectivity index (χ1) is 12.5. The van der Waals surface area contributed by atoms with Gasteiger partial charge in [0.05, 0.1) is 17.5 Å². The summed E-state index contributed by atoms with van der Waals surface area (Å²) >= 11 is 15.2. The fourth-order valence-electron chi connectivity index (χ4n) is 2.05. The number of carbonyl (C=O) groups excluding carboxylic acids is 1. The zero-order chi connectivity index (χ0) is 18.7. The number of Topliss-reactive ketones (excluding diaryl/α,β-unsaturated/α-hetero) is 1. The van der Waals surface area contributed by atoms with Crippen LogP contribution in [0.4, 0.5) is 0 Å². The van der Waals surface area contributed by atoms with Gasteiger partial charge >= 0.3 is 0 Å². The largest absolute Gasteiger partial charge is 0.297 e. The summed E-state index contributed by atoms with van der Waals surface area (Å²) < 4.78 is 2.88. The van der Waals surface area contributed by atoms with Crippen molar-refractivity contribution in [2.75, 3.05) is 5.75 Å². The van der Waals surface area contributed by atoms with Crippen LogP contribution in [0.5, 0.6) is 0 Å². The minimum Gasteiger partial charge on any atom is -0.297 e. The molecule has 5 nitrogen and oxygen atoms in total. The van der Waals surface area contributed by atoms with Crippen molar-refractivity contribution >= 4 is 64.0 Å². The Morgan fingerprint density at radius 3 is 2.81 bits per heavy atom. The van der Waals surface area contributed by atoms with Crippen LogP contribution in [0.15, 0.2) is 34.0 Å². The molecule has 0 aliphatic heterocycles. The topological polar surface area (TPSA) is 71.6 Å². The number of nitriles is 1. The summed E-state index contributed by atoms with van der Waals surface area (Å²) in [6.07, 6.45) is 0. The van der Waals surface area contributed by atoms with Gasteiger partial charge in [-0.2, -0.15) is 5.26 Å². The normalized spacial score (nSPS) is 11.9. The second kappa shape index (κ2) is 8.41. The molecule has 10 heteroatoms. The summed E-state index contributed by atoms with van der Waals surface area (Å²) in [5.74, 6) is -0.890. The van der Waals surface area contributed by atoms with Crippen LogP contribution < -0.4 is 0 Å². The van der Waals surface area contributed by atoms with Crippen molar-refractivity contribution in [2.24, 2.45) is 0 Å². The quantitative estimate of drug-likeness (QED) is 0.396. The van der Waals surface area contributed by atoms with Crippen molar-refractivity contribution in [2.45, 2.75) is 17.2 Å². The molecule has 0 amide bonds. The van der Waals surface area contributed by atoms with Gasteiger partial charge in [0.15, 0.2) is 20.0 Å². The number of ketones is 1. The SMILES string of the molecule is Cc1csc([C@H](C#N)C(=O)CSc2nn(-c3ccc(Cl)cc3)c(=S)s2)n1. The minimum atomic E-state index is -0.840. The Labute approximate surface area is 172 Å². The summed E-state index contributed by atoms with van der Waals surface area (Å²) in [5.41, 5.74) is 1.62. The Morgan fingerprint density at radius 2 is 2.19 bits per heavy atom. The smallest absolute Gasteiger partial charge is 0.184 e. The van der Waals surface area contributed by atoms with E-state index in [-0.39, 0.29) is 11.5 Å². The number of thiazole rings is 1. The predicted octanol–water partition coefficient (Wildman–Crippen LogP) is 5.05. The fraction of sp³-hybridized carbons (Fsp3) is 0.188. The van der Waals surface area contributed by atoms with E-state index in [4.69, 9.17) is 23.8 Å². The Kier molecular flexibility index (Phi) is 6.21. The number of aromatic nitrogens is 3. The number of aryl methyl sites for hydroxylation is 1. The highest BCUT2D eigenvalue weighted by Gasteiger charge is 2.23. The lowest BCUT2D eigenvalue weighted by Gasteiger charge is -2.03. The summed E-state index contributed by atoms with van der Waals surface area (Å²) in [7, 11) is 0. The molecule has 132 valence electrons. The number of halogens is 1. The number of nitrogens with zero attached hydrogens (tertiary/aromatic N) is 4. The van der Waals surface area contributed by atoms with E-state index < -0.39 is 5.92 Å². The summed E-state index contributed by atoms with van der Waals surface area (Å²) in [4.78, 5) is 16.7. The first kappa shape index (κ1) is 19.2. The molecule has 0 spiro atoms. The molecule has 0 saturated carbocycles. The van der Waals surface area contributed by atoms with Crippen LogP contribution >= 0.6 is 58.3 Å². The molecule has 0 fully saturated rings. The lowest BCUT2D eigenvalue weighted by Crippen LogP contribution is -2.13. The Hall–Kier alpha value is -1.57. The van der Waals surface area contributed by atoms with E-state index >= 15 is 0 Å². The molecule has 2 aromatic heterocycles. The highest BCUT2D eigenvalue weighted by Crippen LogP contribution is 2.27. The molecule has 0 aliphatic carbocycles. The highest BCUT2D eigenvalue weighted by atomic mass is 35.5. The van der Waals surface area contributed by atoms with Crippen molar-refractivity contribution in [3.05, 3.63) is 49.3 Å². The molecule has 1 atom stereocenters. The first-order valence-electron chi connectivity index (χ1n) is 7.31. The van der Waals surface area contributed by atoms with Gasteiger partial charge in [0.25, 0.3) is 0 Å². The van der Waals surface area contributed by atoms with Crippen LogP contribution in [-0.4, -0.2) is 26.3 Å². The van der Waals surface area contributed by atoms with E-state index in [1.54, 1.807) is 16.8 Å². The van der Waals surface area contributed by atoms with Gasteiger partial charge in [-0.25, -0.2) is 9.67 Å². The summed E-state index contributed by atoms with van der Waals surface area (Å²) in [6.45, 7) is 1.84. The summed E-state index contributed by atoms with van der Waals surface area (Å²) in [6, 6.07) is 9.23. The molecule has 0 radical (unpaired) electrons. The van der Waals surface area contributed by atoms with Crippen LogP contribution in [0.25, 0.3) is 5.69 Å². The molecular weight excluding hydrogens is 428 g/mol. The number of thioether (sulfide) groups is 1. The Morgan fingerprint density at radius 1 is 1.46 bits per heavy atom. The highest BCUT2D eigenvalue weighted by molar-refractivity contribution is 8.01. The third-order valence-electron chi connectivity index (χ3n) is 3.27. The van der Waals surface area contributed by atoms with Crippen LogP contribution in [0.3, 0.4) is 0 Å². The van der Waals surface area contributed by atoms with Crippen molar-refractivity contribution in [3.8, 4) is 11.8 Å². The Bertz CT molecular complexity index is 1030. The van der Waals surface area contributed by atoms with Crippen molar-refractivity contribution in [1.82, 2.24) is 14.8 Å². The predicted molar refractivity (Wildman–Crippen MR) is 108 cm³/mol. The molecule has 2 heterocycles. The monoisotopic (exact) mass is 438 g/mol. The van der Waals surface area contributed by atoms with Crippen molar-refractivity contribution in [3.63, 3.8) is 0 Å². The maximum Gasteiger partial charge on any atom is 0.184 e. The number of rotatable bonds is 6. The lowest BCUT2D eigenvalue weighted by molar-refractivity contribution is -0.116. The van der Waals surface area contributed by atoms with E-state index in [1.165, 1.54) is 34.4 Å². The van der Waals surface area contributed by atoms with Crippen LogP contribution in [0, 0.1) is 22.2 Å². The van der Waals surface area contributed by atoms with E-state index in [1.807, 2.05) is 30.5 Å². The molecule has 0 unspecified atom stereocenters. The number of hydrogen-bond acceptors (Lipinski definition) is 8. The summed E-state index contributed by atoms with van der Waals surface area (Å²) in [5, 5.41) is 16.8. The van der Waals surface area contributed by atoms with E-state index in [0.717, 1.165) is 11.4 Å². The van der Waals surface area contributed by atoms with Crippen molar-refractivity contribution < 1.29 is 4.79 Å². The number of hydrogen-bond donors (Lipinski definition) is 0. The van der Waals surface area contributed by atoms with Gasteiger partial charge in [0.2, 0.25) is 0 Å². The van der Waals surface area contributed by atoms with Crippen LogP contribution in [-0.2, 0) is 4.79 Å². The van der Waals surface area contributed by atoms with E-state index in [2.05, 4.69) is 10.1 Å². The standard InChI is InChI=1S/C16H11ClN4OS4/c1-9-7-24-14(19-9)12(6-18)13(22)8-25-15-20-21(16(23)26-15)11-4-2-10(17)3-5-11/h2-5,7,12H,8H2,1H3/t12-/m1/s1. The van der Waals surface area contributed by atoms with Gasteiger partial charge in [-0.1, -0.05) is 34.7 Å². The second-order valence-corrected chi connectivity index (χ2v) is 9.34. The van der Waals surface area contributed by atoms with Crippen LogP contribution in [0.1, 0.15) is 16.6 Å². The third kappa shape index (κ3) is 4.39. The molecule has 3 aromatic rings. The van der Waals surface area contributed by atoms with Gasteiger partial charge < -0.3 is 0 Å². The maximum absolute atomic E-state index is 12.4. The minimum absolute atomic E-state index is 0.139. The van der Waals surface area contributed by atoms with Gasteiger partial charge in [-0.05, 0) is 43.4 Å². The zero-order valence-electron chi connectivity index (χ0n) is 13.4. The lowest BCUT2D eigenvalue weighted by atomic mass is 10.1. The molecule has 0 N–H and O–H groups in total. The average molecular weight is 439 g/mol. The van der Waals surface area contributed by atoms with Gasteiger partial charge in [0, 0.05) is 16.1 Å². The van der Waals surface area contributed by atoms with Crippen LogP contribution in [0.2, 0.25) is 5.02 Å². The Balaban J connectivity index is 1.71. The second-order valence-electron chi connectivity index (χ2n) is 5.17. The maximum atomic E-state index is 12.4. The molecule has 1 aromatic carbocycles. The first-order valence-corrected chi connectivity index (χ1v) is 10.8. The molecule has 0 saturated heterocycles. The zero-order valence-corrected chi connectivity index (χ0v) is 17.4. The molecule has 0 aliphatic rings. The van der Waals surface area contributed by atoms with Crippen molar-refractivity contribution in [1.29, 1.82) is 5.26 Å². The van der Waals surface area contributed by atoms with Gasteiger partial charge in [-0.3, -0.25) is 4.79 Å². The molecule has 0 bridgehead atoms. The average Bonchev–Trinajstić information content (AvgIpc) is 3.20. The van der Waals surface area contributed by atoms with Gasteiger partial charge in [0.1, 0.15) is 5.01 Å². The molecular formula is C16H11ClN4OS4. The molecule has 3 rings (SSSR count).